The number of ether oxygens (including phenoxy) is 6. The van der Waals surface area contributed by atoms with Crippen LogP contribution in [0.4, 0.5) is 0 Å². The Morgan fingerprint density at radius 3 is 0.718 bits per heavy atom. The maximum atomic E-state index is 6.96. The van der Waals surface area contributed by atoms with Crippen LogP contribution in [0.5, 0.6) is 34.5 Å². The van der Waals surface area contributed by atoms with E-state index in [4.69, 9.17) is 28.4 Å². The van der Waals surface area contributed by atoms with Crippen molar-refractivity contribution in [3.05, 3.63) is 48.5 Å². The Hall–Kier alpha value is -4.32. The summed E-state index contributed by atoms with van der Waals surface area (Å²) in [4.78, 5) is 0. The number of hydrogen-bond donors (Lipinski definition) is 0. The second kappa shape index (κ2) is 32.2. The van der Waals surface area contributed by atoms with Crippen molar-refractivity contribution in [2.45, 2.75) is 225 Å². The molecule has 78 heavy (non-hydrogen) atoms. The second-order valence-electron chi connectivity index (χ2n) is 26.1. The molecular weight excluding hydrogens is 961 g/mol. The molecule has 0 aliphatic carbocycles. The lowest BCUT2D eigenvalue weighted by atomic mass is 9.85. The molecule has 6 nitrogen and oxygen atoms in total. The van der Waals surface area contributed by atoms with Gasteiger partial charge in [-0.3, -0.25) is 0 Å². The molecule has 0 spiro atoms. The maximum Gasteiger partial charge on any atom is 0.161 e. The van der Waals surface area contributed by atoms with E-state index in [-0.39, 0.29) is 0 Å². The normalized spacial score (nSPS) is 13.8. The zero-order chi connectivity index (χ0) is 56.1. The van der Waals surface area contributed by atoms with Crippen molar-refractivity contribution >= 4 is 53.9 Å². The number of benzene rings is 6. The van der Waals surface area contributed by atoms with E-state index in [0.717, 1.165) is 153 Å². The highest BCUT2D eigenvalue weighted by Crippen LogP contribution is 2.51. The molecule has 434 valence electrons. The molecule has 0 radical (unpaired) electrons. The third-order valence-corrected chi connectivity index (χ3v) is 16.7. The first-order valence-corrected chi connectivity index (χ1v) is 32.1. The number of hydrogen-bond acceptors (Lipinski definition) is 6. The molecule has 0 amide bonds. The topological polar surface area (TPSA) is 55.4 Å². The highest BCUT2D eigenvalue weighted by Gasteiger charge is 2.24. The summed E-state index contributed by atoms with van der Waals surface area (Å²) in [5.74, 6) is 10.3. The lowest BCUT2D eigenvalue weighted by Crippen LogP contribution is -2.08. The summed E-state index contributed by atoms with van der Waals surface area (Å²) in [6.07, 6.45) is 23.1. The van der Waals surface area contributed by atoms with Crippen LogP contribution in [-0.2, 0) is 0 Å². The van der Waals surface area contributed by atoms with Crippen molar-refractivity contribution in [2.75, 3.05) is 39.6 Å². The Labute approximate surface area is 475 Å². The molecule has 0 fully saturated rings. The zero-order valence-electron chi connectivity index (χ0n) is 52.1. The van der Waals surface area contributed by atoms with E-state index >= 15 is 0 Å². The van der Waals surface area contributed by atoms with Crippen LogP contribution in [0.2, 0.25) is 0 Å². The molecule has 4 unspecified atom stereocenters. The van der Waals surface area contributed by atoms with Gasteiger partial charge in [0.2, 0.25) is 0 Å². The monoisotopic (exact) mass is 1070 g/mol. The smallest absolute Gasteiger partial charge is 0.161 e. The summed E-state index contributed by atoms with van der Waals surface area (Å²) in [7, 11) is 0. The van der Waals surface area contributed by atoms with E-state index in [0.29, 0.717) is 63.3 Å². The van der Waals surface area contributed by atoms with Gasteiger partial charge in [-0.1, -0.05) is 187 Å². The SMILES string of the molecule is CCCCOc1cc2c3cc(OCCC(C)CCCC(C)C)c(OCCC(C)CCCC(C)C)cc3c3cc(OCCCC)cc4c5cc(OCCC(C)CCCC(C)C)c(OCCC(C)CCCC(C)C)cc5c(c1)c2c34. The molecule has 0 aliphatic heterocycles. The molecule has 6 rings (SSSR count). The van der Waals surface area contributed by atoms with E-state index in [1.165, 1.54) is 87.8 Å². The molecule has 0 aromatic heterocycles. The molecule has 6 heteroatoms. The average molecular weight is 1070 g/mol. The first kappa shape index (κ1) is 62.9. The number of fused-ring (bicyclic) bond motifs is 6. The van der Waals surface area contributed by atoms with Crippen LogP contribution in [0, 0.1) is 47.3 Å². The van der Waals surface area contributed by atoms with Crippen molar-refractivity contribution in [2.24, 2.45) is 47.3 Å². The lowest BCUT2D eigenvalue weighted by molar-refractivity contribution is 0.238. The molecule has 0 aliphatic rings. The van der Waals surface area contributed by atoms with E-state index in [9.17, 15) is 0 Å². The molecule has 0 saturated heterocycles. The van der Waals surface area contributed by atoms with Crippen molar-refractivity contribution in [3.63, 3.8) is 0 Å². The molecule has 0 heterocycles. The van der Waals surface area contributed by atoms with Gasteiger partial charge in [0, 0.05) is 0 Å². The molecule has 4 atom stereocenters. The summed E-state index contributed by atoms with van der Waals surface area (Å²) >= 11 is 0. The molecule has 0 bridgehead atoms. The summed E-state index contributed by atoms with van der Waals surface area (Å²) in [6.45, 7) is 36.5. The average Bonchev–Trinajstić information content (AvgIpc) is 3.56. The quantitative estimate of drug-likeness (QED) is 0.0217. The van der Waals surface area contributed by atoms with Gasteiger partial charge in [-0.2, -0.15) is 0 Å². The number of unbranched alkanes of at least 4 members (excludes halogenated alkanes) is 2. The van der Waals surface area contributed by atoms with Gasteiger partial charge in [-0.05, 0) is 188 Å². The highest BCUT2D eigenvalue weighted by molar-refractivity contribution is 6.40. The van der Waals surface area contributed by atoms with Crippen LogP contribution in [0.15, 0.2) is 48.5 Å². The van der Waals surface area contributed by atoms with Crippen LogP contribution >= 0.6 is 0 Å². The largest absolute Gasteiger partial charge is 0.494 e. The van der Waals surface area contributed by atoms with Gasteiger partial charge >= 0.3 is 0 Å². The van der Waals surface area contributed by atoms with Crippen molar-refractivity contribution in [3.8, 4) is 34.5 Å². The minimum atomic E-state index is 0.582. The fraction of sp³-hybridized carbons (Fsp3) is 0.667. The van der Waals surface area contributed by atoms with E-state index in [1.807, 2.05) is 0 Å². The van der Waals surface area contributed by atoms with Gasteiger partial charge < -0.3 is 28.4 Å². The Balaban J connectivity index is 1.56. The van der Waals surface area contributed by atoms with E-state index in [2.05, 4.69) is 145 Å². The van der Waals surface area contributed by atoms with E-state index < -0.39 is 0 Å². The van der Waals surface area contributed by atoms with Gasteiger partial charge in [0.05, 0.1) is 39.6 Å². The Bertz CT molecular complexity index is 2330. The van der Waals surface area contributed by atoms with Crippen molar-refractivity contribution in [1.29, 1.82) is 0 Å². The minimum absolute atomic E-state index is 0.582. The second-order valence-corrected chi connectivity index (χ2v) is 26.1. The Morgan fingerprint density at radius 2 is 0.500 bits per heavy atom. The van der Waals surface area contributed by atoms with Gasteiger partial charge in [-0.25, -0.2) is 0 Å². The predicted octanol–water partition coefficient (Wildman–Crippen LogP) is 22.2. The van der Waals surface area contributed by atoms with Crippen LogP contribution in [0.1, 0.15) is 225 Å². The summed E-state index contributed by atoms with van der Waals surface area (Å²) in [5, 5.41) is 11.7. The lowest BCUT2D eigenvalue weighted by Gasteiger charge is -2.23. The van der Waals surface area contributed by atoms with Crippen LogP contribution in [0.25, 0.3) is 53.9 Å². The molecule has 0 saturated carbocycles. The molecular formula is C72H110O6. The summed E-state index contributed by atoms with van der Waals surface area (Å²) < 4.78 is 41.3. The third-order valence-electron chi connectivity index (χ3n) is 16.7. The maximum absolute atomic E-state index is 6.96. The Kier molecular flexibility index (Phi) is 26.0. The van der Waals surface area contributed by atoms with Gasteiger partial charge in [0.15, 0.2) is 23.0 Å². The van der Waals surface area contributed by atoms with Gasteiger partial charge in [0.1, 0.15) is 11.5 Å². The van der Waals surface area contributed by atoms with Crippen LogP contribution < -0.4 is 28.4 Å². The fourth-order valence-corrected chi connectivity index (χ4v) is 11.5. The highest BCUT2D eigenvalue weighted by atomic mass is 16.5. The predicted molar refractivity (Wildman–Crippen MR) is 338 cm³/mol. The van der Waals surface area contributed by atoms with Crippen LogP contribution in [-0.4, -0.2) is 39.6 Å². The third kappa shape index (κ3) is 18.9. The van der Waals surface area contributed by atoms with E-state index in [1.54, 1.807) is 0 Å². The Morgan fingerprint density at radius 1 is 0.256 bits per heavy atom. The number of rotatable bonds is 40. The van der Waals surface area contributed by atoms with Crippen molar-refractivity contribution in [1.82, 2.24) is 0 Å². The molecule has 6 aromatic rings. The minimum Gasteiger partial charge on any atom is -0.494 e. The first-order chi connectivity index (χ1) is 37.6. The van der Waals surface area contributed by atoms with Crippen LogP contribution in [0.3, 0.4) is 0 Å². The first-order valence-electron chi connectivity index (χ1n) is 32.1. The van der Waals surface area contributed by atoms with Gasteiger partial charge in [-0.15, -0.1) is 0 Å². The molecule has 0 N–H and O–H groups in total. The summed E-state index contributed by atoms with van der Waals surface area (Å²) in [5.41, 5.74) is 0. The zero-order valence-corrected chi connectivity index (χ0v) is 52.1. The van der Waals surface area contributed by atoms with Crippen molar-refractivity contribution < 1.29 is 28.4 Å². The fourth-order valence-electron chi connectivity index (χ4n) is 11.5. The summed E-state index contributed by atoms with van der Waals surface area (Å²) in [6, 6.07) is 18.4. The standard InChI is InChI=1S/C72H110O6/c1-15-17-35-73-57-41-63-59-45-67(75-37-31-53(11)27-19-23-49(3)4)69(77-39-33-55(13)29-21-25-51(7)8)47-61(59)65-43-58(74-36-18-16-2)44-66-62-48-70(78-40-34-56(14)30-22-26-52(9)10)68(46-60(62)64(42-57)71(63)72(65)66)76-38-32-54(12)28-20-24-50(5)6/h41-56H,15-40H2,1-14H3. The molecule has 6 aromatic carbocycles. The van der Waals surface area contributed by atoms with Gasteiger partial charge in [0.25, 0.3) is 0 Å².